The molecule has 1 spiro atoms. The molecule has 158 valence electrons. The fraction of sp³-hybridized carbons (Fsp3) is 0.611. The highest BCUT2D eigenvalue weighted by molar-refractivity contribution is 5.73. The van der Waals surface area contributed by atoms with Gasteiger partial charge in [0, 0.05) is 38.4 Å². The monoisotopic (exact) mass is 408 g/mol. The highest BCUT2D eigenvalue weighted by atomic mass is 19.4. The maximum atomic E-state index is 13.4. The van der Waals surface area contributed by atoms with E-state index in [2.05, 4.69) is 9.80 Å². The Bertz CT molecular complexity index is 653. The Morgan fingerprint density at radius 1 is 1.25 bits per heavy atom. The lowest BCUT2D eigenvalue weighted by molar-refractivity contribution is -0.192. The Kier molecular flexibility index (Phi) is 7.62. The highest BCUT2D eigenvalue weighted by Gasteiger charge is 2.40. The standard InChI is InChI=1S/C16H23FN2O2.C2HF3O2/c17-14-3-1-4-15(11-14)19-6-2-5-16(13-19)12-18(7-9-20)8-10-21-16;3-2(4,5)1(6)7/h1,3-4,11,20H,2,5-10,12-13H2;(H,6,7). The van der Waals surface area contributed by atoms with Gasteiger partial charge in [-0.3, -0.25) is 4.90 Å². The van der Waals surface area contributed by atoms with Gasteiger partial charge in [0.25, 0.3) is 0 Å². The van der Waals surface area contributed by atoms with Crippen LogP contribution in [0.2, 0.25) is 0 Å². The van der Waals surface area contributed by atoms with Crippen LogP contribution in [0.3, 0.4) is 0 Å². The van der Waals surface area contributed by atoms with Gasteiger partial charge in [-0.1, -0.05) is 6.07 Å². The molecular weight excluding hydrogens is 384 g/mol. The third-order valence-electron chi connectivity index (χ3n) is 4.70. The van der Waals surface area contributed by atoms with E-state index in [1.54, 1.807) is 12.1 Å². The van der Waals surface area contributed by atoms with Crippen LogP contribution in [0.25, 0.3) is 0 Å². The zero-order valence-corrected chi connectivity index (χ0v) is 15.3. The molecule has 1 unspecified atom stereocenters. The van der Waals surface area contributed by atoms with Gasteiger partial charge in [0.1, 0.15) is 5.82 Å². The molecular formula is C18H24F4N2O4. The van der Waals surface area contributed by atoms with E-state index in [1.807, 2.05) is 6.07 Å². The number of ether oxygens (including phenoxy) is 1. The molecule has 6 nitrogen and oxygen atoms in total. The summed E-state index contributed by atoms with van der Waals surface area (Å²) in [6, 6.07) is 6.78. The van der Waals surface area contributed by atoms with Crippen molar-refractivity contribution in [1.82, 2.24) is 4.90 Å². The second kappa shape index (κ2) is 9.53. The normalized spacial score (nSPS) is 23.2. The van der Waals surface area contributed by atoms with Gasteiger partial charge in [0.15, 0.2) is 0 Å². The lowest BCUT2D eigenvalue weighted by atomic mass is 9.90. The van der Waals surface area contributed by atoms with Gasteiger partial charge in [0.2, 0.25) is 0 Å². The lowest BCUT2D eigenvalue weighted by Gasteiger charge is -2.48. The van der Waals surface area contributed by atoms with E-state index in [0.717, 1.165) is 44.7 Å². The Labute approximate surface area is 160 Å². The van der Waals surface area contributed by atoms with E-state index in [1.165, 1.54) is 6.07 Å². The summed E-state index contributed by atoms with van der Waals surface area (Å²) >= 11 is 0. The van der Waals surface area contributed by atoms with Crippen molar-refractivity contribution in [3.8, 4) is 0 Å². The number of carboxylic acids is 1. The molecule has 0 radical (unpaired) electrons. The molecule has 0 aromatic heterocycles. The number of aliphatic hydroxyl groups excluding tert-OH is 1. The second-order valence-electron chi connectivity index (χ2n) is 6.84. The van der Waals surface area contributed by atoms with Gasteiger partial charge in [0.05, 0.1) is 18.8 Å². The van der Waals surface area contributed by atoms with Crippen LogP contribution in [0.5, 0.6) is 0 Å². The minimum atomic E-state index is -5.08. The quantitative estimate of drug-likeness (QED) is 0.747. The first kappa shape index (κ1) is 22.4. The van der Waals surface area contributed by atoms with E-state index in [-0.39, 0.29) is 18.0 Å². The average molecular weight is 408 g/mol. The summed E-state index contributed by atoms with van der Waals surface area (Å²) < 4.78 is 51.3. The number of hydrogen-bond donors (Lipinski definition) is 2. The third kappa shape index (κ3) is 6.32. The number of aliphatic carboxylic acids is 1. The fourth-order valence-electron chi connectivity index (χ4n) is 3.49. The van der Waals surface area contributed by atoms with Gasteiger partial charge in [-0.2, -0.15) is 13.2 Å². The van der Waals surface area contributed by atoms with Crippen molar-refractivity contribution in [1.29, 1.82) is 0 Å². The van der Waals surface area contributed by atoms with Crippen LogP contribution in [0.15, 0.2) is 24.3 Å². The van der Waals surface area contributed by atoms with Crippen molar-refractivity contribution < 1.29 is 37.3 Å². The number of hydrogen-bond acceptors (Lipinski definition) is 5. The van der Waals surface area contributed by atoms with E-state index >= 15 is 0 Å². The van der Waals surface area contributed by atoms with Gasteiger partial charge >= 0.3 is 12.1 Å². The predicted octanol–water partition coefficient (Wildman–Crippen LogP) is 2.12. The molecule has 2 heterocycles. The first-order valence-corrected chi connectivity index (χ1v) is 8.93. The number of alkyl halides is 3. The maximum absolute atomic E-state index is 13.4. The minimum absolute atomic E-state index is 0.183. The van der Waals surface area contributed by atoms with E-state index < -0.39 is 12.1 Å². The molecule has 2 N–H and O–H groups in total. The summed E-state index contributed by atoms with van der Waals surface area (Å²) in [5, 5.41) is 16.3. The number of piperidine rings is 1. The lowest BCUT2D eigenvalue weighted by Crippen LogP contribution is -2.60. The van der Waals surface area contributed by atoms with E-state index in [0.29, 0.717) is 13.2 Å². The maximum Gasteiger partial charge on any atom is 0.490 e. The summed E-state index contributed by atoms with van der Waals surface area (Å²) in [5.41, 5.74) is 0.745. The number of anilines is 1. The first-order chi connectivity index (χ1) is 13.1. The summed E-state index contributed by atoms with van der Waals surface area (Å²) in [5.74, 6) is -2.95. The molecule has 0 aliphatic carbocycles. The molecule has 2 aliphatic rings. The van der Waals surface area contributed by atoms with Gasteiger partial charge in [-0.05, 0) is 31.0 Å². The number of morpholine rings is 1. The van der Waals surface area contributed by atoms with Crippen molar-refractivity contribution in [2.45, 2.75) is 24.6 Å². The minimum Gasteiger partial charge on any atom is -0.475 e. The van der Waals surface area contributed by atoms with Crippen LogP contribution < -0.4 is 4.90 Å². The third-order valence-corrected chi connectivity index (χ3v) is 4.70. The molecule has 2 saturated heterocycles. The van der Waals surface area contributed by atoms with Crippen LogP contribution >= 0.6 is 0 Å². The van der Waals surface area contributed by atoms with Gasteiger partial charge in [-0.15, -0.1) is 0 Å². The first-order valence-electron chi connectivity index (χ1n) is 8.93. The number of halogens is 4. The van der Waals surface area contributed by atoms with Crippen molar-refractivity contribution in [2.24, 2.45) is 0 Å². The fourth-order valence-corrected chi connectivity index (χ4v) is 3.49. The number of aliphatic hydroxyl groups is 1. The summed E-state index contributed by atoms with van der Waals surface area (Å²) in [4.78, 5) is 13.4. The van der Waals surface area contributed by atoms with Crippen molar-refractivity contribution in [3.63, 3.8) is 0 Å². The molecule has 1 aromatic carbocycles. The Balaban J connectivity index is 0.000000345. The van der Waals surface area contributed by atoms with Crippen molar-refractivity contribution >= 4 is 11.7 Å². The Morgan fingerprint density at radius 2 is 1.96 bits per heavy atom. The molecule has 28 heavy (non-hydrogen) atoms. The molecule has 0 bridgehead atoms. The number of rotatable bonds is 3. The number of nitrogens with zero attached hydrogens (tertiary/aromatic N) is 2. The molecule has 0 amide bonds. The smallest absolute Gasteiger partial charge is 0.475 e. The Hall–Kier alpha value is -1.91. The van der Waals surface area contributed by atoms with Crippen LogP contribution in [-0.2, 0) is 9.53 Å². The molecule has 10 heteroatoms. The largest absolute Gasteiger partial charge is 0.490 e. The highest BCUT2D eigenvalue weighted by Crippen LogP contribution is 2.31. The molecule has 3 rings (SSSR count). The molecule has 2 aliphatic heterocycles. The van der Waals surface area contributed by atoms with Crippen LogP contribution in [-0.4, -0.2) is 78.8 Å². The Morgan fingerprint density at radius 3 is 2.57 bits per heavy atom. The second-order valence-corrected chi connectivity index (χ2v) is 6.84. The molecule has 1 aromatic rings. The molecule has 2 fully saturated rings. The number of benzene rings is 1. The molecule has 1 atom stereocenters. The average Bonchev–Trinajstić information content (AvgIpc) is 2.62. The topological polar surface area (TPSA) is 73.2 Å². The number of carbonyl (C=O) groups is 1. The number of β-amino-alcohol motifs (C(OH)–C–C–N with tert-alkyl or cyclic N) is 1. The van der Waals surface area contributed by atoms with Crippen molar-refractivity contribution in [2.75, 3.05) is 50.8 Å². The summed E-state index contributed by atoms with van der Waals surface area (Å²) in [6.07, 6.45) is -3.01. The van der Waals surface area contributed by atoms with Gasteiger partial charge < -0.3 is 19.8 Å². The van der Waals surface area contributed by atoms with Crippen LogP contribution in [0.4, 0.5) is 23.2 Å². The van der Waals surface area contributed by atoms with Crippen LogP contribution in [0, 0.1) is 5.82 Å². The van der Waals surface area contributed by atoms with Crippen LogP contribution in [0.1, 0.15) is 12.8 Å². The van der Waals surface area contributed by atoms with Crippen molar-refractivity contribution in [3.05, 3.63) is 30.1 Å². The number of carboxylic acid groups (broad SMARTS) is 1. The predicted molar refractivity (Wildman–Crippen MR) is 93.7 cm³/mol. The molecule has 0 saturated carbocycles. The zero-order chi connectivity index (χ0) is 20.8. The summed E-state index contributed by atoms with van der Waals surface area (Å²) in [7, 11) is 0. The van der Waals surface area contributed by atoms with Gasteiger partial charge in [-0.25, -0.2) is 9.18 Å². The SMILES string of the molecule is O=C(O)C(F)(F)F.OCCN1CCOC2(CCCN(c3cccc(F)c3)C2)C1. The van der Waals surface area contributed by atoms with E-state index in [4.69, 9.17) is 19.7 Å². The zero-order valence-electron chi connectivity index (χ0n) is 15.3. The summed E-state index contributed by atoms with van der Waals surface area (Å²) in [6.45, 7) is 5.04. The van der Waals surface area contributed by atoms with E-state index in [9.17, 15) is 17.6 Å².